The number of hydrogen-bond acceptors (Lipinski definition) is 4. The van der Waals surface area contributed by atoms with E-state index >= 15 is 0 Å². The SMILES string of the molecule is CN1OC(C(C)(C)O)=CC1C1CCC2C3CCC4CC(C)(O)CCC4(C)C3CCC21C. The maximum absolute atomic E-state index is 10.7. The Morgan fingerprint density at radius 2 is 1.61 bits per heavy atom. The van der Waals surface area contributed by atoms with E-state index in [-0.39, 0.29) is 6.04 Å². The van der Waals surface area contributed by atoms with Crippen LogP contribution in [0.25, 0.3) is 0 Å². The van der Waals surface area contributed by atoms with Gasteiger partial charge in [-0.3, -0.25) is 0 Å². The van der Waals surface area contributed by atoms with Crippen LogP contribution in [0.3, 0.4) is 0 Å². The van der Waals surface area contributed by atoms with Gasteiger partial charge in [0.25, 0.3) is 0 Å². The maximum Gasteiger partial charge on any atom is 0.153 e. The first-order chi connectivity index (χ1) is 14.4. The molecule has 4 fully saturated rings. The quantitative estimate of drug-likeness (QED) is 0.623. The van der Waals surface area contributed by atoms with E-state index < -0.39 is 11.2 Å². The monoisotopic (exact) mass is 431 g/mol. The zero-order valence-electron chi connectivity index (χ0n) is 20.7. The highest BCUT2D eigenvalue weighted by atomic mass is 16.7. The Hall–Kier alpha value is -0.580. The van der Waals surface area contributed by atoms with E-state index in [1.165, 1.54) is 44.9 Å². The first-order valence-corrected chi connectivity index (χ1v) is 12.9. The van der Waals surface area contributed by atoms with E-state index in [1.807, 2.05) is 26.0 Å². The predicted octanol–water partition coefficient (Wildman–Crippen LogP) is 5.30. The molecule has 0 aromatic carbocycles. The molecule has 0 amide bonds. The van der Waals surface area contributed by atoms with Gasteiger partial charge in [0.2, 0.25) is 0 Å². The average molecular weight is 432 g/mol. The van der Waals surface area contributed by atoms with Crippen molar-refractivity contribution < 1.29 is 15.1 Å². The van der Waals surface area contributed by atoms with Gasteiger partial charge >= 0.3 is 0 Å². The van der Waals surface area contributed by atoms with Crippen LogP contribution in [0, 0.1) is 40.4 Å². The van der Waals surface area contributed by atoms with Crippen molar-refractivity contribution in [3.8, 4) is 0 Å². The van der Waals surface area contributed by atoms with Gasteiger partial charge in [-0.15, -0.1) is 5.06 Å². The van der Waals surface area contributed by atoms with Crippen LogP contribution in [0.4, 0.5) is 0 Å². The lowest BCUT2D eigenvalue weighted by atomic mass is 9.44. The van der Waals surface area contributed by atoms with Crippen LogP contribution in [0.2, 0.25) is 0 Å². The summed E-state index contributed by atoms with van der Waals surface area (Å²) in [5, 5.41) is 23.2. The lowest BCUT2D eigenvalue weighted by molar-refractivity contribution is -0.162. The Labute approximate surface area is 189 Å². The molecule has 4 saturated carbocycles. The Morgan fingerprint density at radius 3 is 2.29 bits per heavy atom. The van der Waals surface area contributed by atoms with Gasteiger partial charge in [0.05, 0.1) is 11.6 Å². The van der Waals surface area contributed by atoms with E-state index in [0.29, 0.717) is 28.4 Å². The minimum atomic E-state index is -0.922. The third-order valence-corrected chi connectivity index (χ3v) is 11.0. The van der Waals surface area contributed by atoms with Crippen molar-refractivity contribution in [1.29, 1.82) is 0 Å². The summed E-state index contributed by atoms with van der Waals surface area (Å²) in [6, 6.07) is 0.268. The summed E-state index contributed by atoms with van der Waals surface area (Å²) < 4.78 is 0. The lowest BCUT2D eigenvalue weighted by Gasteiger charge is -2.62. The fraction of sp³-hybridized carbons (Fsp3) is 0.926. The van der Waals surface area contributed by atoms with Gasteiger partial charge in [-0.2, -0.15) is 0 Å². The third-order valence-electron chi connectivity index (χ3n) is 11.0. The number of rotatable bonds is 2. The zero-order chi connectivity index (χ0) is 22.4. The van der Waals surface area contributed by atoms with Crippen LogP contribution in [0.15, 0.2) is 11.8 Å². The van der Waals surface area contributed by atoms with Crippen molar-refractivity contribution in [3.05, 3.63) is 11.8 Å². The van der Waals surface area contributed by atoms with Crippen molar-refractivity contribution in [2.24, 2.45) is 40.4 Å². The van der Waals surface area contributed by atoms with Crippen LogP contribution in [0.5, 0.6) is 0 Å². The molecule has 1 aliphatic heterocycles. The summed E-state index contributed by atoms with van der Waals surface area (Å²) in [6.45, 7) is 10.9. The number of nitrogens with zero attached hydrogens (tertiary/aromatic N) is 1. The number of hydrogen-bond donors (Lipinski definition) is 2. The molecule has 0 aromatic rings. The fourth-order valence-corrected chi connectivity index (χ4v) is 9.22. The van der Waals surface area contributed by atoms with Crippen LogP contribution in [-0.2, 0) is 4.84 Å². The van der Waals surface area contributed by atoms with Crippen molar-refractivity contribution in [1.82, 2.24) is 5.06 Å². The molecule has 0 aromatic heterocycles. The van der Waals surface area contributed by atoms with Gasteiger partial charge in [0, 0.05) is 7.05 Å². The molecule has 0 bridgehead atoms. The summed E-state index contributed by atoms with van der Waals surface area (Å²) in [6.07, 6.45) is 13.3. The van der Waals surface area contributed by atoms with Crippen LogP contribution >= 0.6 is 0 Å². The van der Waals surface area contributed by atoms with Crippen LogP contribution in [-0.4, -0.2) is 39.6 Å². The Bertz CT molecular complexity index is 754. The standard InChI is InChI=1S/C27H45NO3/c1-24(2,29)23-15-22(28(6)31-23)21-10-9-19-18-8-7-17-16-25(3,30)13-14-26(17,4)20(18)11-12-27(19,21)5/h15,17-22,29-30H,7-14,16H2,1-6H3. The van der Waals surface area contributed by atoms with E-state index in [0.717, 1.165) is 30.6 Å². The highest BCUT2D eigenvalue weighted by Crippen LogP contribution is 2.68. The Balaban J connectivity index is 1.39. The molecule has 0 spiro atoms. The molecule has 4 nitrogen and oxygen atoms in total. The lowest BCUT2D eigenvalue weighted by Crippen LogP contribution is -2.56. The molecule has 9 unspecified atom stereocenters. The molecular weight excluding hydrogens is 386 g/mol. The van der Waals surface area contributed by atoms with Crippen molar-refractivity contribution in [2.45, 2.75) is 110 Å². The molecule has 31 heavy (non-hydrogen) atoms. The van der Waals surface area contributed by atoms with Gasteiger partial charge in [-0.25, -0.2) is 0 Å². The van der Waals surface area contributed by atoms with Crippen LogP contribution < -0.4 is 0 Å². The molecule has 4 aliphatic carbocycles. The molecule has 5 rings (SSSR count). The first kappa shape index (κ1) is 22.2. The molecular formula is C27H45NO3. The Kier molecular flexibility index (Phi) is 4.99. The summed E-state index contributed by atoms with van der Waals surface area (Å²) in [7, 11) is 2.04. The van der Waals surface area contributed by atoms with Gasteiger partial charge in [-0.1, -0.05) is 13.8 Å². The van der Waals surface area contributed by atoms with Gasteiger partial charge in [0.1, 0.15) is 5.60 Å². The summed E-state index contributed by atoms with van der Waals surface area (Å²) >= 11 is 0. The minimum absolute atomic E-state index is 0.268. The minimum Gasteiger partial charge on any atom is -0.407 e. The molecule has 5 aliphatic rings. The smallest absolute Gasteiger partial charge is 0.153 e. The second-order valence-corrected chi connectivity index (χ2v) is 13.3. The molecule has 2 N–H and O–H groups in total. The second-order valence-electron chi connectivity index (χ2n) is 13.3. The molecule has 176 valence electrons. The number of likely N-dealkylation sites (N-methyl/N-ethyl adjacent to an activating group) is 1. The van der Waals surface area contributed by atoms with E-state index in [1.54, 1.807) is 0 Å². The van der Waals surface area contributed by atoms with E-state index in [9.17, 15) is 10.2 Å². The van der Waals surface area contributed by atoms with Crippen molar-refractivity contribution >= 4 is 0 Å². The first-order valence-electron chi connectivity index (χ1n) is 12.9. The summed E-state index contributed by atoms with van der Waals surface area (Å²) in [5.74, 6) is 4.50. The van der Waals surface area contributed by atoms with E-state index in [4.69, 9.17) is 4.84 Å². The highest BCUT2D eigenvalue weighted by molar-refractivity contribution is 5.19. The predicted molar refractivity (Wildman–Crippen MR) is 123 cm³/mol. The largest absolute Gasteiger partial charge is 0.407 e. The van der Waals surface area contributed by atoms with Crippen molar-refractivity contribution in [2.75, 3.05) is 7.05 Å². The van der Waals surface area contributed by atoms with Crippen LogP contribution in [0.1, 0.15) is 92.4 Å². The van der Waals surface area contributed by atoms with Crippen molar-refractivity contribution in [3.63, 3.8) is 0 Å². The van der Waals surface area contributed by atoms with Gasteiger partial charge < -0.3 is 15.1 Å². The third kappa shape index (κ3) is 3.34. The fourth-order valence-electron chi connectivity index (χ4n) is 9.22. The number of fused-ring (bicyclic) bond motifs is 5. The summed E-state index contributed by atoms with van der Waals surface area (Å²) in [4.78, 5) is 6.01. The number of aliphatic hydroxyl groups is 2. The second kappa shape index (κ2) is 6.96. The maximum atomic E-state index is 10.7. The molecule has 0 radical (unpaired) electrons. The van der Waals surface area contributed by atoms with E-state index in [2.05, 4.69) is 26.8 Å². The van der Waals surface area contributed by atoms with Gasteiger partial charge in [0.15, 0.2) is 5.76 Å². The summed E-state index contributed by atoms with van der Waals surface area (Å²) in [5.41, 5.74) is -0.588. The topological polar surface area (TPSA) is 52.9 Å². The zero-order valence-corrected chi connectivity index (χ0v) is 20.7. The van der Waals surface area contributed by atoms with Gasteiger partial charge in [-0.05, 0) is 125 Å². The molecule has 0 saturated heterocycles. The Morgan fingerprint density at radius 1 is 0.935 bits per heavy atom. The molecule has 1 heterocycles. The molecule has 4 heteroatoms. The number of hydroxylamine groups is 2. The molecule has 9 atom stereocenters. The highest BCUT2D eigenvalue weighted by Gasteiger charge is 2.62. The normalized spacial score (nSPS) is 52.7. The average Bonchev–Trinajstić information content (AvgIpc) is 3.21.